The molecule has 1 aromatic rings. The van der Waals surface area contributed by atoms with E-state index in [1.165, 1.54) is 0 Å². The van der Waals surface area contributed by atoms with Gasteiger partial charge in [0, 0.05) is 23.1 Å². The van der Waals surface area contributed by atoms with Crippen molar-refractivity contribution in [1.82, 2.24) is 0 Å². The van der Waals surface area contributed by atoms with E-state index in [0.29, 0.717) is 22.8 Å². The lowest BCUT2D eigenvalue weighted by Gasteiger charge is -2.11. The third kappa shape index (κ3) is 2.47. The van der Waals surface area contributed by atoms with E-state index in [9.17, 15) is 9.59 Å². The summed E-state index contributed by atoms with van der Waals surface area (Å²) in [5, 5.41) is 0.520. The summed E-state index contributed by atoms with van der Waals surface area (Å²) in [4.78, 5) is 24.3. The monoisotopic (exact) mass is 282 g/mol. The maximum Gasteiger partial charge on any atom is 0.152 e. The quantitative estimate of drug-likeness (QED) is 0.798. The fourth-order valence-electron chi connectivity index (χ4n) is 2.39. The summed E-state index contributed by atoms with van der Waals surface area (Å²) < 4.78 is 0. The Morgan fingerprint density at radius 1 is 1.39 bits per heavy atom. The predicted molar refractivity (Wildman–Crippen MR) is 75.4 cm³/mol. The standard InChI is InChI=1S/C14H15ClO2S/c1-8-3-4-10(11(15)5-8)13-12(16)6-9(7-18-2)14(13)17/h3-5,9,13H,6-7H2,1-2H3. The molecule has 0 saturated heterocycles. The molecule has 0 radical (unpaired) electrons. The van der Waals surface area contributed by atoms with Crippen LogP contribution in [0.15, 0.2) is 18.2 Å². The lowest BCUT2D eigenvalue weighted by Crippen LogP contribution is -2.16. The van der Waals surface area contributed by atoms with Crippen LogP contribution in [-0.4, -0.2) is 23.6 Å². The lowest BCUT2D eigenvalue weighted by molar-refractivity contribution is -0.124. The normalized spacial score (nSPS) is 23.7. The molecule has 2 unspecified atom stereocenters. The average Bonchev–Trinajstić information content (AvgIpc) is 2.56. The summed E-state index contributed by atoms with van der Waals surface area (Å²) in [7, 11) is 0. The van der Waals surface area contributed by atoms with E-state index in [-0.39, 0.29) is 17.5 Å². The minimum Gasteiger partial charge on any atom is -0.298 e. The van der Waals surface area contributed by atoms with Crippen molar-refractivity contribution in [3.63, 3.8) is 0 Å². The molecule has 0 N–H and O–H groups in total. The summed E-state index contributed by atoms with van der Waals surface area (Å²) in [6.07, 6.45) is 2.30. The van der Waals surface area contributed by atoms with Gasteiger partial charge in [0.05, 0.1) is 0 Å². The maximum atomic E-state index is 12.3. The van der Waals surface area contributed by atoms with Gasteiger partial charge in [-0.25, -0.2) is 0 Å². The summed E-state index contributed by atoms with van der Waals surface area (Å²) in [6, 6.07) is 5.50. The third-order valence-electron chi connectivity index (χ3n) is 3.29. The minimum atomic E-state index is -0.643. The lowest BCUT2D eigenvalue weighted by atomic mass is 9.94. The Morgan fingerprint density at radius 3 is 2.72 bits per heavy atom. The summed E-state index contributed by atoms with van der Waals surface area (Å²) >= 11 is 7.76. The molecule has 18 heavy (non-hydrogen) atoms. The number of halogens is 1. The van der Waals surface area contributed by atoms with Gasteiger partial charge in [0.2, 0.25) is 0 Å². The van der Waals surface area contributed by atoms with Crippen LogP contribution < -0.4 is 0 Å². The van der Waals surface area contributed by atoms with Crippen LogP contribution in [0.2, 0.25) is 5.02 Å². The van der Waals surface area contributed by atoms with Crippen LogP contribution in [0.5, 0.6) is 0 Å². The van der Waals surface area contributed by atoms with Gasteiger partial charge in [0.15, 0.2) is 5.78 Å². The molecule has 0 bridgehead atoms. The first-order chi connectivity index (χ1) is 8.54. The molecule has 2 atom stereocenters. The molecule has 0 amide bonds. The molecule has 0 aromatic heterocycles. The summed E-state index contributed by atoms with van der Waals surface area (Å²) in [6.45, 7) is 1.93. The Balaban J connectivity index is 2.33. The van der Waals surface area contributed by atoms with E-state index < -0.39 is 5.92 Å². The summed E-state index contributed by atoms with van der Waals surface area (Å²) in [5.41, 5.74) is 1.70. The van der Waals surface area contributed by atoms with E-state index in [1.807, 2.05) is 19.2 Å². The van der Waals surface area contributed by atoms with Gasteiger partial charge in [0.25, 0.3) is 0 Å². The topological polar surface area (TPSA) is 34.1 Å². The van der Waals surface area contributed by atoms with Crippen LogP contribution in [0, 0.1) is 12.8 Å². The van der Waals surface area contributed by atoms with E-state index in [2.05, 4.69) is 0 Å². The third-order valence-corrected chi connectivity index (χ3v) is 4.35. The number of rotatable bonds is 3. The Labute approximate surface area is 116 Å². The first-order valence-corrected chi connectivity index (χ1v) is 7.63. The molecule has 1 fully saturated rings. The largest absolute Gasteiger partial charge is 0.298 e. The zero-order chi connectivity index (χ0) is 13.3. The highest BCUT2D eigenvalue weighted by molar-refractivity contribution is 7.98. The van der Waals surface area contributed by atoms with Crippen molar-refractivity contribution in [2.24, 2.45) is 5.92 Å². The molecule has 0 heterocycles. The number of benzene rings is 1. The smallest absolute Gasteiger partial charge is 0.152 e. The number of hydrogen-bond acceptors (Lipinski definition) is 3. The van der Waals surface area contributed by atoms with Crippen LogP contribution >= 0.6 is 23.4 Å². The molecule has 1 aromatic carbocycles. The number of carbonyl (C=O) groups is 2. The van der Waals surface area contributed by atoms with Crippen LogP contribution in [0.1, 0.15) is 23.5 Å². The Hall–Kier alpha value is -0.800. The highest BCUT2D eigenvalue weighted by Gasteiger charge is 2.42. The van der Waals surface area contributed by atoms with Crippen molar-refractivity contribution >= 4 is 34.9 Å². The first-order valence-electron chi connectivity index (χ1n) is 5.86. The van der Waals surface area contributed by atoms with Gasteiger partial charge in [0.1, 0.15) is 11.7 Å². The molecule has 1 saturated carbocycles. The van der Waals surface area contributed by atoms with Crippen LogP contribution in [-0.2, 0) is 9.59 Å². The van der Waals surface area contributed by atoms with Gasteiger partial charge in [-0.15, -0.1) is 0 Å². The molecule has 4 heteroatoms. The zero-order valence-electron chi connectivity index (χ0n) is 10.4. The fourth-order valence-corrected chi connectivity index (χ4v) is 3.42. The highest BCUT2D eigenvalue weighted by atomic mass is 35.5. The number of aryl methyl sites for hydroxylation is 1. The number of hydrogen-bond donors (Lipinski definition) is 0. The Kier molecular flexibility index (Phi) is 4.13. The molecular formula is C14H15ClO2S. The van der Waals surface area contributed by atoms with Crippen molar-refractivity contribution in [3.8, 4) is 0 Å². The van der Waals surface area contributed by atoms with E-state index in [1.54, 1.807) is 23.9 Å². The van der Waals surface area contributed by atoms with Gasteiger partial charge in [-0.2, -0.15) is 11.8 Å². The SMILES string of the molecule is CSCC1CC(=O)C(c2ccc(C)cc2Cl)C1=O. The molecule has 96 valence electrons. The van der Waals surface area contributed by atoms with Crippen LogP contribution in [0.4, 0.5) is 0 Å². The fraction of sp³-hybridized carbons (Fsp3) is 0.429. The number of ketones is 2. The molecule has 0 spiro atoms. The predicted octanol–water partition coefficient (Wildman–Crippen LogP) is 3.25. The van der Waals surface area contributed by atoms with Crippen LogP contribution in [0.25, 0.3) is 0 Å². The van der Waals surface area contributed by atoms with Gasteiger partial charge < -0.3 is 0 Å². The minimum absolute atomic E-state index is 0.00445. The molecule has 1 aliphatic carbocycles. The first kappa shape index (κ1) is 13.6. The summed E-state index contributed by atoms with van der Waals surface area (Å²) in [5.74, 6) is -0.0418. The second-order valence-corrected chi connectivity index (χ2v) is 6.00. The van der Waals surface area contributed by atoms with Crippen molar-refractivity contribution in [2.75, 3.05) is 12.0 Å². The number of Topliss-reactive ketones (excluding diaryl/α,β-unsaturated/α-hetero) is 2. The Morgan fingerprint density at radius 2 is 2.11 bits per heavy atom. The van der Waals surface area contributed by atoms with Crippen molar-refractivity contribution in [1.29, 1.82) is 0 Å². The van der Waals surface area contributed by atoms with E-state index in [0.717, 1.165) is 5.56 Å². The van der Waals surface area contributed by atoms with Gasteiger partial charge in [-0.3, -0.25) is 9.59 Å². The number of thioether (sulfide) groups is 1. The van der Waals surface area contributed by atoms with E-state index >= 15 is 0 Å². The van der Waals surface area contributed by atoms with Crippen molar-refractivity contribution < 1.29 is 9.59 Å². The molecule has 2 nitrogen and oxygen atoms in total. The molecule has 2 rings (SSSR count). The van der Waals surface area contributed by atoms with E-state index in [4.69, 9.17) is 11.6 Å². The zero-order valence-corrected chi connectivity index (χ0v) is 12.0. The Bertz CT molecular complexity index is 499. The second-order valence-electron chi connectivity index (χ2n) is 4.68. The van der Waals surface area contributed by atoms with Gasteiger partial charge >= 0.3 is 0 Å². The highest BCUT2D eigenvalue weighted by Crippen LogP contribution is 2.37. The van der Waals surface area contributed by atoms with Crippen molar-refractivity contribution in [3.05, 3.63) is 34.3 Å². The van der Waals surface area contributed by atoms with Gasteiger partial charge in [-0.1, -0.05) is 23.7 Å². The van der Waals surface area contributed by atoms with Gasteiger partial charge in [-0.05, 0) is 30.4 Å². The second kappa shape index (κ2) is 5.45. The number of carbonyl (C=O) groups excluding carboxylic acids is 2. The average molecular weight is 283 g/mol. The molecule has 0 aliphatic heterocycles. The maximum absolute atomic E-state index is 12.3. The molecule has 1 aliphatic rings. The van der Waals surface area contributed by atoms with Crippen LogP contribution in [0.3, 0.4) is 0 Å². The molecular weight excluding hydrogens is 268 g/mol. The van der Waals surface area contributed by atoms with Crippen molar-refractivity contribution in [2.45, 2.75) is 19.3 Å².